The Hall–Kier alpha value is -3.26. The number of aryl methyl sites for hydroxylation is 2. The van der Waals surface area contributed by atoms with Crippen molar-refractivity contribution in [3.63, 3.8) is 0 Å². The van der Waals surface area contributed by atoms with Gasteiger partial charge in [-0.2, -0.15) is 0 Å². The molecule has 0 aliphatic carbocycles. The predicted molar refractivity (Wildman–Crippen MR) is 104 cm³/mol. The highest BCUT2D eigenvalue weighted by Crippen LogP contribution is 2.24. The Morgan fingerprint density at radius 3 is 2.54 bits per heavy atom. The van der Waals surface area contributed by atoms with Gasteiger partial charge in [0, 0.05) is 29.9 Å². The van der Waals surface area contributed by atoms with E-state index in [1.165, 1.54) is 19.1 Å². The Balaban J connectivity index is 2.27. The van der Waals surface area contributed by atoms with Crippen molar-refractivity contribution in [2.24, 2.45) is 0 Å². The van der Waals surface area contributed by atoms with Gasteiger partial charge < -0.3 is 15.2 Å². The number of nitro groups is 1. The number of nitro benzene ring substituents is 1. The summed E-state index contributed by atoms with van der Waals surface area (Å²) < 4.78 is 5.29. The van der Waals surface area contributed by atoms with Crippen molar-refractivity contribution in [2.75, 3.05) is 18.5 Å². The summed E-state index contributed by atoms with van der Waals surface area (Å²) in [4.78, 5) is 35.7. The molecule has 0 unspecified atom stereocenters. The molecule has 0 radical (unpaired) electrons. The van der Waals surface area contributed by atoms with Gasteiger partial charge in [0.05, 0.1) is 17.1 Å². The average molecular weight is 386 g/mol. The number of aliphatic hydroxyl groups is 1. The number of benzene rings is 2. The number of hydrogen-bond donors (Lipinski definition) is 2. The van der Waals surface area contributed by atoms with Gasteiger partial charge in [0.2, 0.25) is 5.78 Å². The summed E-state index contributed by atoms with van der Waals surface area (Å²) in [6, 6.07) is 9.10. The quantitative estimate of drug-likeness (QED) is 0.310. The number of hydrogen-bond acceptors (Lipinski definition) is 7. The topological polar surface area (TPSA) is 119 Å². The Kier molecular flexibility index (Phi) is 6.84. The van der Waals surface area contributed by atoms with Gasteiger partial charge in [-0.05, 0) is 38.5 Å². The van der Waals surface area contributed by atoms with Gasteiger partial charge in [-0.1, -0.05) is 17.7 Å². The molecule has 2 aromatic carbocycles. The molecule has 0 spiro atoms. The standard InChI is InChI=1S/C20H22N2O6/c1-12-4-5-13(2)16(10-12)19(24)14(3)28-20(25)17-11-15(22(26)27)6-7-18(17)21-8-9-23/h4-7,10-11,14,21,23H,8-9H2,1-3H3/t14-/m1/s1. The molecule has 148 valence electrons. The van der Waals surface area contributed by atoms with Gasteiger partial charge in [-0.15, -0.1) is 0 Å². The summed E-state index contributed by atoms with van der Waals surface area (Å²) in [5.41, 5.74) is 2.04. The van der Waals surface area contributed by atoms with E-state index in [0.717, 1.165) is 17.2 Å². The number of anilines is 1. The molecule has 0 fully saturated rings. The van der Waals surface area contributed by atoms with E-state index in [9.17, 15) is 19.7 Å². The minimum atomic E-state index is -1.07. The zero-order chi connectivity index (χ0) is 20.8. The van der Waals surface area contributed by atoms with Crippen molar-refractivity contribution in [1.82, 2.24) is 0 Å². The maximum Gasteiger partial charge on any atom is 0.341 e. The van der Waals surface area contributed by atoms with Crippen molar-refractivity contribution in [3.8, 4) is 0 Å². The first-order valence-corrected chi connectivity index (χ1v) is 8.70. The number of aliphatic hydroxyl groups excluding tert-OH is 1. The van der Waals surface area contributed by atoms with E-state index in [1.54, 1.807) is 13.0 Å². The second-order valence-electron chi connectivity index (χ2n) is 6.37. The van der Waals surface area contributed by atoms with Gasteiger partial charge >= 0.3 is 5.97 Å². The monoisotopic (exact) mass is 386 g/mol. The Labute approximate surface area is 162 Å². The first-order chi connectivity index (χ1) is 13.2. The Morgan fingerprint density at radius 2 is 1.89 bits per heavy atom. The van der Waals surface area contributed by atoms with Crippen LogP contribution in [0.1, 0.15) is 38.8 Å². The van der Waals surface area contributed by atoms with Crippen molar-refractivity contribution in [2.45, 2.75) is 26.9 Å². The van der Waals surface area contributed by atoms with E-state index < -0.39 is 17.0 Å². The van der Waals surface area contributed by atoms with E-state index in [0.29, 0.717) is 5.56 Å². The number of Topliss-reactive ketones (excluding diaryl/α,β-unsaturated/α-hetero) is 1. The highest BCUT2D eigenvalue weighted by atomic mass is 16.6. The summed E-state index contributed by atoms with van der Waals surface area (Å²) in [6.07, 6.45) is -1.07. The zero-order valence-electron chi connectivity index (χ0n) is 15.9. The van der Waals surface area contributed by atoms with Gasteiger partial charge in [0.1, 0.15) is 0 Å². The molecule has 0 bridgehead atoms. The summed E-state index contributed by atoms with van der Waals surface area (Å²) in [5, 5.41) is 22.8. The molecule has 0 amide bonds. The third-order valence-corrected chi connectivity index (χ3v) is 4.17. The van der Waals surface area contributed by atoms with E-state index in [-0.39, 0.29) is 35.9 Å². The molecule has 0 aliphatic rings. The van der Waals surface area contributed by atoms with E-state index >= 15 is 0 Å². The fourth-order valence-electron chi connectivity index (χ4n) is 2.66. The minimum absolute atomic E-state index is 0.0803. The number of nitrogens with one attached hydrogen (secondary N) is 1. The van der Waals surface area contributed by atoms with Gasteiger partial charge in [0.15, 0.2) is 6.10 Å². The number of carbonyl (C=O) groups excluding carboxylic acids is 2. The summed E-state index contributed by atoms with van der Waals surface area (Å²) in [5.74, 6) is -1.22. The number of ether oxygens (including phenoxy) is 1. The predicted octanol–water partition coefficient (Wildman–Crippen LogP) is 3.04. The second-order valence-corrected chi connectivity index (χ2v) is 6.37. The fourth-order valence-corrected chi connectivity index (χ4v) is 2.66. The Bertz CT molecular complexity index is 910. The SMILES string of the molecule is Cc1ccc(C)c(C(=O)[C@@H](C)OC(=O)c2cc([N+](=O)[O-])ccc2NCCO)c1. The van der Waals surface area contributed by atoms with Crippen LogP contribution in [-0.2, 0) is 4.74 Å². The van der Waals surface area contributed by atoms with Gasteiger partial charge in [-0.3, -0.25) is 14.9 Å². The largest absolute Gasteiger partial charge is 0.451 e. The minimum Gasteiger partial charge on any atom is -0.451 e. The molecule has 0 saturated carbocycles. The molecule has 2 aromatic rings. The molecular formula is C20H22N2O6. The number of ketones is 1. The van der Waals surface area contributed by atoms with Crippen LogP contribution in [0.4, 0.5) is 11.4 Å². The second kappa shape index (κ2) is 9.09. The molecule has 2 N–H and O–H groups in total. The lowest BCUT2D eigenvalue weighted by Gasteiger charge is -2.16. The molecule has 0 aromatic heterocycles. The first-order valence-electron chi connectivity index (χ1n) is 8.70. The maximum absolute atomic E-state index is 12.7. The number of nitrogens with zero attached hydrogens (tertiary/aromatic N) is 1. The average Bonchev–Trinajstić information content (AvgIpc) is 2.67. The van der Waals surface area contributed by atoms with Crippen LogP contribution < -0.4 is 5.32 Å². The van der Waals surface area contributed by atoms with Crippen LogP contribution in [0.15, 0.2) is 36.4 Å². The van der Waals surface area contributed by atoms with Crippen LogP contribution in [0.3, 0.4) is 0 Å². The maximum atomic E-state index is 12.7. The third kappa shape index (κ3) is 4.92. The van der Waals surface area contributed by atoms with Gasteiger partial charge in [0.25, 0.3) is 5.69 Å². The third-order valence-electron chi connectivity index (χ3n) is 4.17. The van der Waals surface area contributed by atoms with Crippen molar-refractivity contribution in [3.05, 3.63) is 68.8 Å². The van der Waals surface area contributed by atoms with Crippen LogP contribution in [0, 0.1) is 24.0 Å². The van der Waals surface area contributed by atoms with Crippen LogP contribution >= 0.6 is 0 Å². The highest BCUT2D eigenvalue weighted by molar-refractivity contribution is 6.03. The molecular weight excluding hydrogens is 364 g/mol. The summed E-state index contributed by atoms with van der Waals surface area (Å²) >= 11 is 0. The van der Waals surface area contributed by atoms with E-state index in [4.69, 9.17) is 9.84 Å². The van der Waals surface area contributed by atoms with Crippen LogP contribution in [-0.4, -0.2) is 41.0 Å². The van der Waals surface area contributed by atoms with E-state index in [1.807, 2.05) is 19.1 Å². The summed E-state index contributed by atoms with van der Waals surface area (Å²) in [6.45, 7) is 5.07. The van der Waals surface area contributed by atoms with Crippen molar-refractivity contribution in [1.29, 1.82) is 0 Å². The lowest BCUT2D eigenvalue weighted by atomic mass is 9.99. The van der Waals surface area contributed by atoms with E-state index in [2.05, 4.69) is 5.32 Å². The van der Waals surface area contributed by atoms with Crippen molar-refractivity contribution >= 4 is 23.1 Å². The highest BCUT2D eigenvalue weighted by Gasteiger charge is 2.24. The number of esters is 1. The molecule has 1 atom stereocenters. The lowest BCUT2D eigenvalue weighted by Crippen LogP contribution is -2.25. The smallest absolute Gasteiger partial charge is 0.341 e. The number of rotatable bonds is 8. The molecule has 0 aliphatic heterocycles. The Morgan fingerprint density at radius 1 is 1.18 bits per heavy atom. The molecule has 0 heterocycles. The molecule has 8 nitrogen and oxygen atoms in total. The number of carbonyl (C=O) groups is 2. The van der Waals surface area contributed by atoms with Crippen LogP contribution in [0.25, 0.3) is 0 Å². The molecule has 0 saturated heterocycles. The molecule has 2 rings (SSSR count). The van der Waals surface area contributed by atoms with Crippen LogP contribution in [0.2, 0.25) is 0 Å². The fraction of sp³-hybridized carbons (Fsp3) is 0.300. The van der Waals surface area contributed by atoms with Crippen molar-refractivity contribution < 1.29 is 24.4 Å². The molecule has 28 heavy (non-hydrogen) atoms. The zero-order valence-corrected chi connectivity index (χ0v) is 15.9. The van der Waals surface area contributed by atoms with Crippen LogP contribution in [0.5, 0.6) is 0 Å². The normalized spacial score (nSPS) is 11.6. The number of non-ortho nitro benzene ring substituents is 1. The van der Waals surface area contributed by atoms with Gasteiger partial charge in [-0.25, -0.2) is 4.79 Å². The summed E-state index contributed by atoms with van der Waals surface area (Å²) in [7, 11) is 0. The molecule has 8 heteroatoms. The lowest BCUT2D eigenvalue weighted by molar-refractivity contribution is -0.384. The first kappa shape index (κ1) is 21.0.